The summed E-state index contributed by atoms with van der Waals surface area (Å²) in [6, 6.07) is 0. The summed E-state index contributed by atoms with van der Waals surface area (Å²) in [6.45, 7) is 0. The Balaban J connectivity index is 6.56. The van der Waals surface area contributed by atoms with Gasteiger partial charge in [-0.15, -0.1) is 0 Å². The Labute approximate surface area is 167 Å². The molecule has 0 aromatic heterocycles. The van der Waals surface area contributed by atoms with Crippen LogP contribution in [0.2, 0.25) is 0 Å². The van der Waals surface area contributed by atoms with Crippen molar-refractivity contribution < 1.29 is 74.6 Å². The van der Waals surface area contributed by atoms with Crippen LogP contribution in [0.3, 0.4) is 0 Å². The molecule has 190 valence electrons. The molecule has 0 radical (unpaired) electrons. The van der Waals surface area contributed by atoms with Crippen LogP contribution >= 0.6 is 19.9 Å². The van der Waals surface area contributed by atoms with Crippen LogP contribution in [0.15, 0.2) is 0 Å². The van der Waals surface area contributed by atoms with Crippen molar-refractivity contribution in [3.05, 3.63) is 0 Å². The van der Waals surface area contributed by atoms with Crippen molar-refractivity contribution in [3.8, 4) is 0 Å². The summed E-state index contributed by atoms with van der Waals surface area (Å²) in [6.07, 6.45) is -8.43. The lowest BCUT2D eigenvalue weighted by Crippen LogP contribution is -2.74. The molecule has 0 aliphatic rings. The summed E-state index contributed by atoms with van der Waals surface area (Å²) in [7, 11) is 2.63. The number of rotatable bonds is 9. The molecule has 0 spiro atoms. The van der Waals surface area contributed by atoms with Gasteiger partial charge in [0.15, 0.2) is 0 Å². The quantitative estimate of drug-likeness (QED) is 0.262. The number of halogens is 18. The largest absolute Gasteiger partial charge is 0.460 e. The first-order valence-corrected chi connectivity index (χ1v) is 10.5. The normalized spacial score (nSPS) is 17.2. The summed E-state index contributed by atoms with van der Waals surface area (Å²) >= 11 is 0. The molecule has 0 heterocycles. The molecule has 0 aromatic carbocycles. The van der Waals surface area contributed by atoms with Crippen LogP contribution in [0.1, 0.15) is 6.42 Å². The van der Waals surface area contributed by atoms with Gasteiger partial charge in [-0.2, -0.15) is 83.9 Å². The molecular weight excluding hydrogens is 535 g/mol. The highest BCUT2D eigenvalue weighted by atomic mass is 35.7. The van der Waals surface area contributed by atoms with Crippen molar-refractivity contribution in [3.63, 3.8) is 0 Å². The van der Waals surface area contributed by atoms with Crippen LogP contribution in [0.25, 0.3) is 0 Å². The van der Waals surface area contributed by atoms with Gasteiger partial charge in [0.05, 0.1) is 0 Å². The van der Waals surface area contributed by atoms with Crippen molar-refractivity contribution in [1.29, 1.82) is 0 Å². The van der Waals surface area contributed by atoms with Gasteiger partial charge in [-0.05, 0) is 18.3 Å². The summed E-state index contributed by atoms with van der Waals surface area (Å²) < 4.78 is 221. The molecule has 0 unspecified atom stereocenters. The zero-order chi connectivity index (χ0) is 25.9. The van der Waals surface area contributed by atoms with Crippen LogP contribution < -0.4 is 0 Å². The van der Waals surface area contributed by atoms with Crippen LogP contribution in [0.5, 0.6) is 0 Å². The smallest absolute Gasteiger partial charge is 0.200 e. The summed E-state index contributed by atoms with van der Waals surface area (Å²) in [5, 5.41) is 0. The zero-order valence-electron chi connectivity index (χ0n) is 14.6. The lowest BCUT2D eigenvalue weighted by Gasteiger charge is -2.43. The SMILES string of the molecule is CS(C)(Cl)CCC(F)(F)C(F)(F)C(F)(F)C(F)(F)C(F)(F)C(F)(F)C(F)(F)C(F)(F)F. The molecule has 0 aromatic rings. The highest BCUT2D eigenvalue weighted by molar-refractivity contribution is 8.50. The first-order valence-electron chi connectivity index (χ1n) is 7.08. The lowest BCUT2D eigenvalue weighted by molar-refractivity contribution is -0.461. The summed E-state index contributed by atoms with van der Waals surface area (Å²) in [4.78, 5) is 0. The molecule has 0 saturated heterocycles. The highest BCUT2D eigenvalue weighted by Crippen LogP contribution is 2.64. The molecule has 0 bridgehead atoms. The average molecular weight is 545 g/mol. The van der Waals surface area contributed by atoms with E-state index in [1.54, 1.807) is 0 Å². The fourth-order valence-corrected chi connectivity index (χ4v) is 2.70. The van der Waals surface area contributed by atoms with Crippen LogP contribution in [-0.2, 0) is 0 Å². The predicted molar refractivity (Wildman–Crippen MR) is 75.5 cm³/mol. The molecular formula is C12H10ClF17S. The predicted octanol–water partition coefficient (Wildman–Crippen LogP) is 7.60. The minimum Gasteiger partial charge on any atom is -0.200 e. The van der Waals surface area contributed by atoms with E-state index in [4.69, 9.17) is 10.7 Å². The second kappa shape index (κ2) is 7.75. The first-order chi connectivity index (χ1) is 13.0. The van der Waals surface area contributed by atoms with Gasteiger partial charge in [0.1, 0.15) is 0 Å². The standard InChI is InChI=1S/C12H10ClF17S/c1-31(2,13)4-3-5(14,15)6(16,17)7(18,19)8(20,21)9(22,23)10(24,25)11(26,27)12(28,29)30/h3-4H2,1-2H3. The van der Waals surface area contributed by atoms with E-state index < -0.39 is 69.0 Å². The van der Waals surface area contributed by atoms with E-state index in [9.17, 15) is 74.6 Å². The van der Waals surface area contributed by atoms with Gasteiger partial charge in [-0.25, -0.2) is 0 Å². The second-order valence-corrected chi connectivity index (χ2v) is 12.2. The monoisotopic (exact) mass is 544 g/mol. The maximum Gasteiger partial charge on any atom is 0.460 e. The first kappa shape index (κ1) is 30.4. The molecule has 0 saturated carbocycles. The summed E-state index contributed by atoms with van der Waals surface area (Å²) in [5.74, 6) is -57.3. The Hall–Kier alpha value is -0.550. The van der Waals surface area contributed by atoms with E-state index in [2.05, 4.69) is 0 Å². The van der Waals surface area contributed by atoms with Crippen molar-refractivity contribution >= 4 is 19.9 Å². The average Bonchev–Trinajstić information content (AvgIpc) is 2.50. The van der Waals surface area contributed by atoms with E-state index in [0.717, 1.165) is 12.5 Å². The van der Waals surface area contributed by atoms with Crippen LogP contribution in [0, 0.1) is 0 Å². The Morgan fingerprint density at radius 1 is 0.484 bits per heavy atom. The second-order valence-electron chi connectivity index (χ2n) is 6.51. The fourth-order valence-electron chi connectivity index (χ4n) is 1.72. The number of hydrogen-bond donors (Lipinski definition) is 0. The molecule has 31 heavy (non-hydrogen) atoms. The van der Waals surface area contributed by atoms with E-state index >= 15 is 0 Å². The van der Waals surface area contributed by atoms with Gasteiger partial charge in [0, 0.05) is 6.42 Å². The number of hydrogen-bond acceptors (Lipinski definition) is 0. The molecule has 0 fully saturated rings. The molecule has 0 aliphatic heterocycles. The molecule has 0 aliphatic carbocycles. The van der Waals surface area contributed by atoms with Gasteiger partial charge in [0.2, 0.25) is 0 Å². The molecule has 0 N–H and O–H groups in total. The Morgan fingerprint density at radius 2 is 0.742 bits per heavy atom. The Bertz CT molecular complexity index is 644. The third kappa shape index (κ3) is 4.60. The van der Waals surface area contributed by atoms with Crippen molar-refractivity contribution in [2.24, 2.45) is 0 Å². The number of alkyl halides is 17. The van der Waals surface area contributed by atoms with Crippen molar-refractivity contribution in [1.82, 2.24) is 0 Å². The topological polar surface area (TPSA) is 0 Å². The third-order valence-corrected chi connectivity index (χ3v) is 5.33. The highest BCUT2D eigenvalue weighted by Gasteiger charge is 2.95. The van der Waals surface area contributed by atoms with Gasteiger partial charge in [-0.3, -0.25) is 0 Å². The van der Waals surface area contributed by atoms with Gasteiger partial charge >= 0.3 is 47.6 Å². The Morgan fingerprint density at radius 3 is 1.00 bits per heavy atom. The van der Waals surface area contributed by atoms with E-state index in [0.29, 0.717) is 0 Å². The fraction of sp³-hybridized carbons (Fsp3) is 1.00. The zero-order valence-corrected chi connectivity index (χ0v) is 16.2. The minimum absolute atomic E-state index is 0.906. The third-order valence-electron chi connectivity index (χ3n) is 3.69. The van der Waals surface area contributed by atoms with Gasteiger partial charge < -0.3 is 0 Å². The lowest BCUT2D eigenvalue weighted by atomic mass is 9.88. The molecule has 0 rings (SSSR count). The maximum absolute atomic E-state index is 13.5. The molecule has 0 nitrogen and oxygen atoms in total. The van der Waals surface area contributed by atoms with Crippen molar-refractivity contribution in [2.75, 3.05) is 18.3 Å². The van der Waals surface area contributed by atoms with E-state index in [1.807, 2.05) is 0 Å². The van der Waals surface area contributed by atoms with E-state index in [-0.39, 0.29) is 0 Å². The summed E-state index contributed by atoms with van der Waals surface area (Å²) in [5.41, 5.74) is 0. The maximum atomic E-state index is 13.5. The van der Waals surface area contributed by atoms with Gasteiger partial charge in [0.25, 0.3) is 0 Å². The van der Waals surface area contributed by atoms with Crippen LogP contribution in [0.4, 0.5) is 74.6 Å². The molecule has 0 amide bonds. The van der Waals surface area contributed by atoms with E-state index in [1.165, 1.54) is 0 Å². The minimum atomic E-state index is -8.60. The van der Waals surface area contributed by atoms with Gasteiger partial charge in [-0.1, -0.05) is 10.7 Å². The molecule has 0 atom stereocenters. The van der Waals surface area contributed by atoms with Crippen LogP contribution in [-0.4, -0.2) is 65.9 Å². The van der Waals surface area contributed by atoms with Crippen molar-refractivity contribution in [2.45, 2.75) is 54.1 Å². The molecule has 19 heteroatoms. The Kier molecular flexibility index (Phi) is 7.62.